The average Bonchev–Trinajstić information content (AvgIpc) is 3.17. The van der Waals surface area contributed by atoms with Gasteiger partial charge in [-0.15, -0.1) is 0 Å². The van der Waals surface area contributed by atoms with Gasteiger partial charge in [-0.3, -0.25) is 19.3 Å². The van der Waals surface area contributed by atoms with Gasteiger partial charge in [0.2, 0.25) is 0 Å². The maximum Gasteiger partial charge on any atom is 0.286 e. The molecule has 0 bridgehead atoms. The van der Waals surface area contributed by atoms with Gasteiger partial charge in [-0.05, 0) is 61.0 Å². The number of imidazole rings is 1. The predicted octanol–water partition coefficient (Wildman–Crippen LogP) is 4.62. The van der Waals surface area contributed by atoms with E-state index in [1.807, 2.05) is 0 Å². The minimum absolute atomic E-state index is 0.0174. The van der Waals surface area contributed by atoms with E-state index in [1.54, 1.807) is 47.9 Å². The van der Waals surface area contributed by atoms with Crippen molar-refractivity contribution in [2.75, 3.05) is 6.61 Å². The van der Waals surface area contributed by atoms with Crippen molar-refractivity contribution < 1.29 is 18.8 Å². The van der Waals surface area contributed by atoms with Gasteiger partial charge in [-0.1, -0.05) is 0 Å². The van der Waals surface area contributed by atoms with E-state index in [0.29, 0.717) is 28.2 Å². The summed E-state index contributed by atoms with van der Waals surface area (Å²) in [5.41, 5.74) is 2.83. The van der Waals surface area contributed by atoms with Crippen molar-refractivity contribution in [3.05, 3.63) is 94.0 Å². The molecule has 4 rings (SSSR count). The first-order valence-electron chi connectivity index (χ1n) is 9.06. The van der Waals surface area contributed by atoms with E-state index < -0.39 is 4.92 Å². The van der Waals surface area contributed by atoms with Crippen LogP contribution >= 0.6 is 0 Å². The molecule has 8 heteroatoms. The maximum atomic E-state index is 13.3. The summed E-state index contributed by atoms with van der Waals surface area (Å²) in [6.07, 6.45) is 3.12. The van der Waals surface area contributed by atoms with Crippen molar-refractivity contribution >= 4 is 17.1 Å². The van der Waals surface area contributed by atoms with Crippen LogP contribution in [0.5, 0.6) is 5.75 Å². The number of hydrogen-bond acceptors (Lipinski definition) is 5. The molecule has 0 atom stereocenters. The van der Waals surface area contributed by atoms with Crippen molar-refractivity contribution in [2.24, 2.45) is 0 Å². The standard InChI is InChI=1S/C22H16FN3O4/c1-14-10-16(4-8-19(14)23)21(27)13-30-18-6-2-15(3-7-18)20-12-25-11-17(26(28)29)5-9-22(25)24-20/h2-12H,13H2,1H3. The number of fused-ring (bicyclic) bond motifs is 1. The van der Waals surface area contributed by atoms with Crippen LogP contribution in [0.15, 0.2) is 67.0 Å². The molecule has 0 aliphatic rings. The highest BCUT2D eigenvalue weighted by atomic mass is 19.1. The van der Waals surface area contributed by atoms with E-state index in [2.05, 4.69) is 4.98 Å². The van der Waals surface area contributed by atoms with Gasteiger partial charge in [-0.25, -0.2) is 9.37 Å². The number of nitrogens with zero attached hydrogens (tertiary/aromatic N) is 3. The predicted molar refractivity (Wildman–Crippen MR) is 108 cm³/mol. The van der Waals surface area contributed by atoms with E-state index >= 15 is 0 Å². The minimum atomic E-state index is -0.459. The van der Waals surface area contributed by atoms with Gasteiger partial charge in [0.25, 0.3) is 5.69 Å². The highest BCUT2D eigenvalue weighted by Gasteiger charge is 2.11. The summed E-state index contributed by atoms with van der Waals surface area (Å²) in [6, 6.07) is 14.2. The summed E-state index contributed by atoms with van der Waals surface area (Å²) < 4.78 is 20.5. The number of aromatic nitrogens is 2. The number of Topliss-reactive ketones (excluding diaryl/α,β-unsaturated/α-hetero) is 1. The summed E-state index contributed by atoms with van der Waals surface area (Å²) in [6.45, 7) is 1.44. The van der Waals surface area contributed by atoms with E-state index in [4.69, 9.17) is 4.74 Å². The molecule has 0 fully saturated rings. The van der Waals surface area contributed by atoms with Crippen molar-refractivity contribution in [1.29, 1.82) is 0 Å². The molecule has 2 aromatic heterocycles. The molecule has 30 heavy (non-hydrogen) atoms. The van der Waals surface area contributed by atoms with Gasteiger partial charge in [0, 0.05) is 23.4 Å². The fourth-order valence-corrected chi connectivity index (χ4v) is 3.00. The Morgan fingerprint density at radius 3 is 2.60 bits per heavy atom. The van der Waals surface area contributed by atoms with E-state index in [0.717, 1.165) is 5.56 Å². The fraction of sp³-hybridized carbons (Fsp3) is 0.0909. The average molecular weight is 405 g/mol. The van der Waals surface area contributed by atoms with Gasteiger partial charge in [0.15, 0.2) is 12.4 Å². The quantitative estimate of drug-likeness (QED) is 0.265. The topological polar surface area (TPSA) is 86.7 Å². The molecule has 0 spiro atoms. The van der Waals surface area contributed by atoms with Crippen LogP contribution in [0.3, 0.4) is 0 Å². The molecule has 150 valence electrons. The summed E-state index contributed by atoms with van der Waals surface area (Å²) in [7, 11) is 0. The Kier molecular flexibility index (Phi) is 4.97. The lowest BCUT2D eigenvalue weighted by atomic mass is 10.1. The Morgan fingerprint density at radius 1 is 1.13 bits per heavy atom. The number of halogens is 1. The molecule has 0 saturated heterocycles. The number of carbonyl (C=O) groups excluding carboxylic acids is 1. The number of pyridine rings is 1. The number of benzene rings is 2. The van der Waals surface area contributed by atoms with Crippen LogP contribution in [0.2, 0.25) is 0 Å². The van der Waals surface area contributed by atoms with Crippen molar-refractivity contribution in [1.82, 2.24) is 9.38 Å². The van der Waals surface area contributed by atoms with Crippen molar-refractivity contribution in [3.8, 4) is 17.0 Å². The van der Waals surface area contributed by atoms with Gasteiger partial charge < -0.3 is 4.74 Å². The highest BCUT2D eigenvalue weighted by molar-refractivity contribution is 5.97. The van der Waals surface area contributed by atoms with Crippen molar-refractivity contribution in [3.63, 3.8) is 0 Å². The Labute approximate surface area is 170 Å². The number of aryl methyl sites for hydroxylation is 1. The van der Waals surface area contributed by atoms with Gasteiger partial charge in [0.05, 0.1) is 16.8 Å². The minimum Gasteiger partial charge on any atom is -0.485 e. The molecule has 0 unspecified atom stereocenters. The fourth-order valence-electron chi connectivity index (χ4n) is 3.00. The second-order valence-electron chi connectivity index (χ2n) is 6.74. The molecule has 4 aromatic rings. The molecule has 0 saturated carbocycles. The number of hydrogen-bond donors (Lipinski definition) is 0. The van der Waals surface area contributed by atoms with Gasteiger partial charge in [-0.2, -0.15) is 0 Å². The Hall–Kier alpha value is -4.07. The lowest BCUT2D eigenvalue weighted by Gasteiger charge is -2.07. The summed E-state index contributed by atoms with van der Waals surface area (Å²) in [5, 5.41) is 10.9. The first kappa shape index (κ1) is 19.3. The number of carbonyl (C=O) groups is 1. The van der Waals surface area contributed by atoms with Crippen LogP contribution in [-0.2, 0) is 0 Å². The first-order chi connectivity index (χ1) is 14.4. The third-order valence-electron chi connectivity index (χ3n) is 4.65. The zero-order valence-electron chi connectivity index (χ0n) is 15.9. The van der Waals surface area contributed by atoms with Crippen LogP contribution in [-0.4, -0.2) is 26.7 Å². The Bertz CT molecular complexity index is 1270. The molecule has 0 radical (unpaired) electrons. The largest absolute Gasteiger partial charge is 0.485 e. The second kappa shape index (κ2) is 7.75. The molecule has 0 aliphatic heterocycles. The normalized spacial score (nSPS) is 10.9. The van der Waals surface area contributed by atoms with E-state index in [9.17, 15) is 19.3 Å². The maximum absolute atomic E-state index is 13.3. The lowest BCUT2D eigenvalue weighted by molar-refractivity contribution is -0.385. The first-order valence-corrected chi connectivity index (χ1v) is 9.06. The van der Waals surface area contributed by atoms with Crippen molar-refractivity contribution in [2.45, 2.75) is 6.92 Å². The van der Waals surface area contributed by atoms with Crippen LogP contribution in [0, 0.1) is 22.9 Å². The SMILES string of the molecule is Cc1cc(C(=O)COc2ccc(-c3cn4cc([N+](=O)[O-])ccc4n3)cc2)ccc1F. The Balaban J connectivity index is 1.46. The monoisotopic (exact) mass is 405 g/mol. The lowest BCUT2D eigenvalue weighted by Crippen LogP contribution is -2.12. The molecular weight excluding hydrogens is 389 g/mol. The third-order valence-corrected chi connectivity index (χ3v) is 4.65. The zero-order valence-corrected chi connectivity index (χ0v) is 15.9. The number of rotatable bonds is 6. The molecule has 7 nitrogen and oxygen atoms in total. The number of ether oxygens (including phenoxy) is 1. The summed E-state index contributed by atoms with van der Waals surface area (Å²) in [4.78, 5) is 27.1. The number of ketones is 1. The Morgan fingerprint density at radius 2 is 1.90 bits per heavy atom. The highest BCUT2D eigenvalue weighted by Crippen LogP contribution is 2.23. The second-order valence-corrected chi connectivity index (χ2v) is 6.74. The number of nitro groups is 1. The molecule has 2 aromatic carbocycles. The summed E-state index contributed by atoms with van der Waals surface area (Å²) >= 11 is 0. The van der Waals surface area contributed by atoms with Gasteiger partial charge >= 0.3 is 0 Å². The van der Waals surface area contributed by atoms with Crippen LogP contribution < -0.4 is 4.74 Å². The zero-order chi connectivity index (χ0) is 21.3. The molecular formula is C22H16FN3O4. The van der Waals surface area contributed by atoms with Crippen LogP contribution in [0.25, 0.3) is 16.9 Å². The van der Waals surface area contributed by atoms with E-state index in [1.165, 1.54) is 30.5 Å². The molecule has 0 amide bonds. The molecule has 0 N–H and O–H groups in total. The molecule has 2 heterocycles. The van der Waals surface area contributed by atoms with Crippen LogP contribution in [0.4, 0.5) is 10.1 Å². The molecule has 0 aliphatic carbocycles. The smallest absolute Gasteiger partial charge is 0.286 e. The van der Waals surface area contributed by atoms with Crippen LogP contribution in [0.1, 0.15) is 15.9 Å². The van der Waals surface area contributed by atoms with Gasteiger partial charge in [0.1, 0.15) is 17.2 Å². The summed E-state index contributed by atoms with van der Waals surface area (Å²) in [5.74, 6) is -0.0981. The third kappa shape index (κ3) is 3.88. The van der Waals surface area contributed by atoms with E-state index in [-0.39, 0.29) is 23.9 Å².